The van der Waals surface area contributed by atoms with Crippen LogP contribution in [0.2, 0.25) is 0 Å². The molecular weight excluding hydrogens is 239 g/mol. The molecule has 0 aliphatic rings. The first kappa shape index (κ1) is 13.5. The minimum atomic E-state index is -4.62. The van der Waals surface area contributed by atoms with E-state index in [1.54, 1.807) is 6.92 Å². The molecule has 0 aliphatic heterocycles. The smallest absolute Gasteiger partial charge is 0.453 e. The minimum absolute atomic E-state index is 0.0119. The lowest BCUT2D eigenvalue weighted by Crippen LogP contribution is -2.21. The van der Waals surface area contributed by atoms with Gasteiger partial charge in [-0.05, 0) is 20.8 Å². The maximum absolute atomic E-state index is 12.3. The van der Waals surface area contributed by atoms with Gasteiger partial charge in [-0.1, -0.05) is 0 Å². The fraction of sp³-hybridized carbons (Fsp3) is 0.667. The van der Waals surface area contributed by atoms with Gasteiger partial charge in [0, 0.05) is 0 Å². The molecule has 1 rings (SSSR count). The zero-order valence-electron chi connectivity index (χ0n) is 9.58. The van der Waals surface area contributed by atoms with Gasteiger partial charge in [-0.2, -0.15) is 13.2 Å². The van der Waals surface area contributed by atoms with Gasteiger partial charge < -0.3 is 4.74 Å². The molecule has 1 unspecified atom stereocenters. The van der Waals surface area contributed by atoms with Crippen LogP contribution in [0.15, 0.2) is 0 Å². The van der Waals surface area contributed by atoms with E-state index in [-0.39, 0.29) is 12.4 Å². The number of ether oxygens (including phenoxy) is 1. The summed E-state index contributed by atoms with van der Waals surface area (Å²) in [5.74, 6) is -1.89. The van der Waals surface area contributed by atoms with Crippen molar-refractivity contribution < 1.29 is 22.7 Å². The summed E-state index contributed by atoms with van der Waals surface area (Å²) in [5.41, 5.74) is 0. The van der Waals surface area contributed by atoms with Crippen LogP contribution in [0, 0.1) is 6.92 Å². The van der Waals surface area contributed by atoms with Crippen LogP contribution in [0.3, 0.4) is 0 Å². The van der Waals surface area contributed by atoms with Crippen LogP contribution in [0.5, 0.6) is 0 Å². The number of hydrogen-bond acceptors (Lipinski definition) is 4. The molecule has 0 saturated heterocycles. The molecule has 1 aromatic rings. The molecule has 0 aromatic carbocycles. The van der Waals surface area contributed by atoms with E-state index in [0.29, 0.717) is 0 Å². The van der Waals surface area contributed by atoms with Crippen LogP contribution in [0.4, 0.5) is 13.2 Å². The molecule has 0 bridgehead atoms. The van der Waals surface area contributed by atoms with Crippen molar-refractivity contribution in [1.82, 2.24) is 14.8 Å². The minimum Gasteiger partial charge on any atom is -0.464 e. The van der Waals surface area contributed by atoms with Gasteiger partial charge in [0.25, 0.3) is 5.82 Å². The second-order valence-electron chi connectivity index (χ2n) is 3.35. The normalized spacial score (nSPS) is 13.5. The second-order valence-corrected chi connectivity index (χ2v) is 3.35. The second kappa shape index (κ2) is 4.72. The number of nitrogens with zero attached hydrogens (tertiary/aromatic N) is 3. The Balaban J connectivity index is 2.99. The van der Waals surface area contributed by atoms with Crippen LogP contribution in [-0.2, 0) is 15.7 Å². The van der Waals surface area contributed by atoms with Crippen molar-refractivity contribution in [2.24, 2.45) is 0 Å². The molecule has 0 N–H and O–H groups in total. The molecule has 17 heavy (non-hydrogen) atoms. The van der Waals surface area contributed by atoms with Crippen molar-refractivity contribution in [2.75, 3.05) is 6.61 Å². The van der Waals surface area contributed by atoms with Gasteiger partial charge in [0.15, 0.2) is 0 Å². The van der Waals surface area contributed by atoms with Crippen LogP contribution < -0.4 is 0 Å². The Bertz CT molecular complexity index is 414. The third-order valence-corrected chi connectivity index (χ3v) is 2.05. The number of hydrogen-bond donors (Lipinski definition) is 0. The number of carbonyl (C=O) groups is 1. The quantitative estimate of drug-likeness (QED) is 0.768. The van der Waals surface area contributed by atoms with E-state index in [1.165, 1.54) is 13.8 Å². The van der Waals surface area contributed by atoms with Gasteiger partial charge in [-0.25, -0.2) is 14.5 Å². The lowest BCUT2D eigenvalue weighted by atomic mass is 10.3. The van der Waals surface area contributed by atoms with Crippen LogP contribution in [0.25, 0.3) is 0 Å². The van der Waals surface area contributed by atoms with Crippen molar-refractivity contribution in [3.8, 4) is 0 Å². The lowest BCUT2D eigenvalue weighted by molar-refractivity contribution is -0.149. The Hall–Kier alpha value is -1.60. The predicted molar refractivity (Wildman–Crippen MR) is 51.1 cm³/mol. The van der Waals surface area contributed by atoms with E-state index < -0.39 is 24.0 Å². The Morgan fingerprint density at radius 3 is 2.53 bits per heavy atom. The average Bonchev–Trinajstić information content (AvgIpc) is 2.59. The third kappa shape index (κ3) is 2.95. The first-order valence-electron chi connectivity index (χ1n) is 4.94. The molecule has 0 fully saturated rings. The van der Waals surface area contributed by atoms with E-state index in [4.69, 9.17) is 4.74 Å². The van der Waals surface area contributed by atoms with E-state index in [9.17, 15) is 18.0 Å². The van der Waals surface area contributed by atoms with Gasteiger partial charge >= 0.3 is 12.1 Å². The number of aromatic nitrogens is 3. The molecule has 8 heteroatoms. The molecular formula is C9H12F3N3O2. The number of esters is 1. The standard InChI is InChI=1S/C9H12F3N3O2/c1-4-17-7(16)5(2)15-6(3)13-8(14-15)9(10,11)12/h5H,4H2,1-3H3. The number of carbonyl (C=O) groups excluding carboxylic acids is 1. The molecule has 0 spiro atoms. The number of rotatable bonds is 3. The molecule has 0 aliphatic carbocycles. The van der Waals surface area contributed by atoms with Crippen LogP contribution in [0.1, 0.15) is 31.5 Å². The summed E-state index contributed by atoms with van der Waals surface area (Å²) in [6.07, 6.45) is -4.62. The Labute approximate surface area is 95.6 Å². The van der Waals surface area contributed by atoms with Crippen molar-refractivity contribution in [1.29, 1.82) is 0 Å². The Kier molecular flexibility index (Phi) is 3.74. The maximum Gasteiger partial charge on any atom is 0.453 e. The van der Waals surface area contributed by atoms with Gasteiger partial charge in [-0.3, -0.25) is 0 Å². The molecule has 0 radical (unpaired) electrons. The Morgan fingerprint density at radius 2 is 2.12 bits per heavy atom. The molecule has 0 amide bonds. The highest BCUT2D eigenvalue weighted by atomic mass is 19.4. The highest BCUT2D eigenvalue weighted by Gasteiger charge is 2.37. The first-order valence-corrected chi connectivity index (χ1v) is 4.94. The molecule has 96 valence electrons. The van der Waals surface area contributed by atoms with Crippen molar-refractivity contribution in [3.05, 3.63) is 11.6 Å². The van der Waals surface area contributed by atoms with E-state index in [1.807, 2.05) is 0 Å². The first-order chi connectivity index (χ1) is 7.77. The number of aryl methyl sites for hydroxylation is 1. The summed E-state index contributed by atoms with van der Waals surface area (Å²) < 4.78 is 42.6. The molecule has 1 aromatic heterocycles. The summed E-state index contributed by atoms with van der Waals surface area (Å²) in [5, 5.41) is 3.26. The van der Waals surface area contributed by atoms with E-state index >= 15 is 0 Å². The largest absolute Gasteiger partial charge is 0.464 e. The summed E-state index contributed by atoms with van der Waals surface area (Å²) in [7, 11) is 0. The monoisotopic (exact) mass is 251 g/mol. The predicted octanol–water partition coefficient (Wildman–Crippen LogP) is 1.73. The van der Waals surface area contributed by atoms with Gasteiger partial charge in [0.05, 0.1) is 6.61 Å². The average molecular weight is 251 g/mol. The van der Waals surface area contributed by atoms with Gasteiger partial charge in [-0.15, -0.1) is 5.10 Å². The summed E-state index contributed by atoms with van der Waals surface area (Å²) in [6, 6.07) is -0.932. The van der Waals surface area contributed by atoms with Crippen molar-refractivity contribution in [2.45, 2.75) is 33.0 Å². The zero-order chi connectivity index (χ0) is 13.2. The fourth-order valence-corrected chi connectivity index (χ4v) is 1.25. The molecule has 1 heterocycles. The maximum atomic E-state index is 12.3. The van der Waals surface area contributed by atoms with E-state index in [0.717, 1.165) is 4.68 Å². The van der Waals surface area contributed by atoms with Gasteiger partial charge in [0.2, 0.25) is 0 Å². The van der Waals surface area contributed by atoms with Gasteiger partial charge in [0.1, 0.15) is 11.9 Å². The SMILES string of the molecule is CCOC(=O)C(C)n1nc(C(F)(F)F)nc1C. The fourth-order valence-electron chi connectivity index (χ4n) is 1.25. The topological polar surface area (TPSA) is 57.0 Å². The molecule has 0 saturated carbocycles. The lowest BCUT2D eigenvalue weighted by Gasteiger charge is -2.11. The zero-order valence-corrected chi connectivity index (χ0v) is 9.58. The van der Waals surface area contributed by atoms with Crippen LogP contribution in [-0.4, -0.2) is 27.3 Å². The van der Waals surface area contributed by atoms with E-state index in [2.05, 4.69) is 10.1 Å². The number of alkyl halides is 3. The van der Waals surface area contributed by atoms with Crippen molar-refractivity contribution in [3.63, 3.8) is 0 Å². The number of halogens is 3. The molecule has 1 atom stereocenters. The summed E-state index contributed by atoms with van der Waals surface area (Å²) in [6.45, 7) is 4.51. The summed E-state index contributed by atoms with van der Waals surface area (Å²) >= 11 is 0. The Morgan fingerprint density at radius 1 is 1.53 bits per heavy atom. The summed E-state index contributed by atoms with van der Waals surface area (Å²) in [4.78, 5) is 14.6. The third-order valence-electron chi connectivity index (χ3n) is 2.05. The van der Waals surface area contributed by atoms with Crippen molar-refractivity contribution >= 4 is 5.97 Å². The highest BCUT2D eigenvalue weighted by molar-refractivity contribution is 5.73. The van der Waals surface area contributed by atoms with Crippen LogP contribution >= 0.6 is 0 Å². The molecule has 5 nitrogen and oxygen atoms in total. The highest BCUT2D eigenvalue weighted by Crippen LogP contribution is 2.27.